The van der Waals surface area contributed by atoms with E-state index >= 15 is 0 Å². The summed E-state index contributed by atoms with van der Waals surface area (Å²) >= 11 is 1.47. The average Bonchev–Trinajstić information content (AvgIpc) is 3.19. The number of thiophene rings is 1. The van der Waals surface area contributed by atoms with Crippen molar-refractivity contribution in [2.75, 3.05) is 19.8 Å². The minimum absolute atomic E-state index is 0.271. The summed E-state index contributed by atoms with van der Waals surface area (Å²) in [6, 6.07) is 11.3. The molecule has 6 heteroatoms. The van der Waals surface area contributed by atoms with Gasteiger partial charge in [0.25, 0.3) is 5.91 Å². The Morgan fingerprint density at radius 3 is 2.79 bits per heavy atom. The predicted molar refractivity (Wildman–Crippen MR) is 91.6 cm³/mol. The lowest BCUT2D eigenvalue weighted by Gasteiger charge is -2.08. The third kappa shape index (κ3) is 4.35. The van der Waals surface area contributed by atoms with Gasteiger partial charge in [-0.05, 0) is 43.0 Å². The van der Waals surface area contributed by atoms with Crippen LogP contribution in [0.4, 0.5) is 0 Å². The normalized spacial score (nSPS) is 12.5. The molecule has 1 aliphatic carbocycles. The maximum absolute atomic E-state index is 12.0. The summed E-state index contributed by atoms with van der Waals surface area (Å²) in [6.45, 7) is 0.451. The lowest BCUT2D eigenvalue weighted by Crippen LogP contribution is -2.32. The van der Waals surface area contributed by atoms with E-state index in [0.29, 0.717) is 18.0 Å². The summed E-state index contributed by atoms with van der Waals surface area (Å²) < 4.78 is 10.5. The summed E-state index contributed by atoms with van der Waals surface area (Å²) in [7, 11) is 0. The first kappa shape index (κ1) is 16.5. The molecule has 1 aromatic heterocycles. The number of rotatable bonds is 7. The van der Waals surface area contributed by atoms with Crippen LogP contribution in [0.15, 0.2) is 36.4 Å². The predicted octanol–water partition coefficient (Wildman–Crippen LogP) is 2.59. The van der Waals surface area contributed by atoms with Gasteiger partial charge >= 0.3 is 5.97 Å². The second-order valence-electron chi connectivity index (χ2n) is 5.50. The van der Waals surface area contributed by atoms with Gasteiger partial charge in [-0.2, -0.15) is 0 Å². The number of carbonyl (C=O) groups is 2. The number of amides is 1. The molecule has 0 spiro atoms. The summed E-state index contributed by atoms with van der Waals surface area (Å²) in [5.74, 6) is -0.00175. The molecule has 1 N–H and O–H groups in total. The van der Waals surface area contributed by atoms with Gasteiger partial charge in [0.15, 0.2) is 6.61 Å². The number of nitrogens with one attached hydrogen (secondary N) is 1. The number of benzene rings is 1. The molecule has 24 heavy (non-hydrogen) atoms. The van der Waals surface area contributed by atoms with Gasteiger partial charge in [-0.15, -0.1) is 11.3 Å². The zero-order valence-electron chi connectivity index (χ0n) is 13.2. The molecule has 0 atom stereocenters. The Balaban J connectivity index is 1.34. The van der Waals surface area contributed by atoms with E-state index in [1.807, 2.05) is 36.4 Å². The number of fused-ring (bicyclic) bond motifs is 1. The van der Waals surface area contributed by atoms with Gasteiger partial charge in [0.05, 0.1) is 6.54 Å². The molecule has 3 rings (SSSR count). The van der Waals surface area contributed by atoms with Gasteiger partial charge in [0.1, 0.15) is 17.2 Å². The number of carbonyl (C=O) groups excluding carboxylic acids is 2. The first-order valence-corrected chi connectivity index (χ1v) is 8.77. The van der Waals surface area contributed by atoms with Crippen molar-refractivity contribution in [3.05, 3.63) is 51.7 Å². The van der Waals surface area contributed by atoms with Gasteiger partial charge in [0, 0.05) is 4.88 Å². The molecule has 1 heterocycles. The van der Waals surface area contributed by atoms with E-state index in [1.165, 1.54) is 21.8 Å². The molecule has 0 radical (unpaired) electrons. The number of hydrogen-bond donors (Lipinski definition) is 1. The standard InChI is InChI=1S/C18H19NO4S/c20-17(19-9-10-22-14-6-2-1-3-7-14)12-23-18(21)16-11-13-5-4-8-15(13)24-16/h1-3,6-7,11H,4-5,8-10,12H2,(H,19,20). The zero-order valence-corrected chi connectivity index (χ0v) is 14.1. The van der Waals surface area contributed by atoms with E-state index < -0.39 is 5.97 Å². The smallest absolute Gasteiger partial charge is 0.348 e. The van der Waals surface area contributed by atoms with Gasteiger partial charge < -0.3 is 14.8 Å². The Morgan fingerprint density at radius 1 is 1.17 bits per heavy atom. The van der Waals surface area contributed by atoms with Crippen LogP contribution < -0.4 is 10.1 Å². The Bertz CT molecular complexity index is 690. The molecule has 1 aromatic carbocycles. The van der Waals surface area contributed by atoms with Crippen LogP contribution in [0, 0.1) is 0 Å². The second kappa shape index (κ2) is 7.97. The molecule has 0 aliphatic heterocycles. The highest BCUT2D eigenvalue weighted by molar-refractivity contribution is 7.14. The molecular formula is C18H19NO4S. The molecular weight excluding hydrogens is 326 g/mol. The fraction of sp³-hybridized carbons (Fsp3) is 0.333. The van der Waals surface area contributed by atoms with Crippen LogP contribution in [-0.4, -0.2) is 31.6 Å². The van der Waals surface area contributed by atoms with E-state index in [2.05, 4.69) is 5.32 Å². The number of para-hydroxylation sites is 1. The van der Waals surface area contributed by atoms with Crippen LogP contribution in [0.25, 0.3) is 0 Å². The molecule has 1 amide bonds. The molecule has 0 unspecified atom stereocenters. The monoisotopic (exact) mass is 345 g/mol. The number of hydrogen-bond acceptors (Lipinski definition) is 5. The largest absolute Gasteiger partial charge is 0.492 e. The Labute approximate surface area is 144 Å². The average molecular weight is 345 g/mol. The van der Waals surface area contributed by atoms with Crippen molar-refractivity contribution in [3.8, 4) is 5.75 Å². The van der Waals surface area contributed by atoms with Crippen LogP contribution >= 0.6 is 11.3 Å². The first-order chi connectivity index (χ1) is 11.7. The molecule has 0 saturated heterocycles. The van der Waals surface area contributed by atoms with E-state index in [1.54, 1.807) is 0 Å². The number of ether oxygens (including phenoxy) is 2. The zero-order chi connectivity index (χ0) is 16.8. The second-order valence-corrected chi connectivity index (χ2v) is 6.64. The SMILES string of the molecule is O=C(COC(=O)c1cc2c(s1)CCC2)NCCOc1ccccc1. The molecule has 0 saturated carbocycles. The maximum atomic E-state index is 12.0. The Morgan fingerprint density at radius 2 is 2.00 bits per heavy atom. The van der Waals surface area contributed by atoms with Crippen LogP contribution in [0.2, 0.25) is 0 Å². The Hall–Kier alpha value is -2.34. The van der Waals surface area contributed by atoms with Crippen molar-refractivity contribution < 1.29 is 19.1 Å². The van der Waals surface area contributed by atoms with Gasteiger partial charge in [-0.25, -0.2) is 4.79 Å². The van der Waals surface area contributed by atoms with Gasteiger partial charge in [-0.3, -0.25) is 4.79 Å². The van der Waals surface area contributed by atoms with Crippen LogP contribution in [0.5, 0.6) is 5.75 Å². The molecule has 5 nitrogen and oxygen atoms in total. The van der Waals surface area contributed by atoms with E-state index in [9.17, 15) is 9.59 Å². The topological polar surface area (TPSA) is 64.6 Å². The molecule has 1 aliphatic rings. The van der Waals surface area contributed by atoms with Crippen molar-refractivity contribution in [1.82, 2.24) is 5.32 Å². The van der Waals surface area contributed by atoms with Crippen molar-refractivity contribution in [1.29, 1.82) is 0 Å². The minimum Gasteiger partial charge on any atom is -0.492 e. The molecule has 0 fully saturated rings. The fourth-order valence-electron chi connectivity index (χ4n) is 2.56. The fourth-order valence-corrected chi connectivity index (χ4v) is 3.71. The van der Waals surface area contributed by atoms with Crippen molar-refractivity contribution in [2.24, 2.45) is 0 Å². The van der Waals surface area contributed by atoms with Crippen molar-refractivity contribution in [3.63, 3.8) is 0 Å². The third-order valence-electron chi connectivity index (χ3n) is 3.72. The lowest BCUT2D eigenvalue weighted by atomic mass is 10.2. The van der Waals surface area contributed by atoms with Crippen LogP contribution in [-0.2, 0) is 22.4 Å². The maximum Gasteiger partial charge on any atom is 0.348 e. The van der Waals surface area contributed by atoms with E-state index in [4.69, 9.17) is 9.47 Å². The summed E-state index contributed by atoms with van der Waals surface area (Å²) in [5.41, 5.74) is 1.24. The molecule has 126 valence electrons. The van der Waals surface area contributed by atoms with Gasteiger partial charge in [0.2, 0.25) is 0 Å². The molecule has 2 aromatic rings. The third-order valence-corrected chi connectivity index (χ3v) is 4.94. The van der Waals surface area contributed by atoms with Crippen LogP contribution in [0.3, 0.4) is 0 Å². The van der Waals surface area contributed by atoms with Gasteiger partial charge in [-0.1, -0.05) is 18.2 Å². The summed E-state index contributed by atoms with van der Waals surface area (Å²) in [4.78, 5) is 25.5. The van der Waals surface area contributed by atoms with Crippen LogP contribution in [0.1, 0.15) is 26.5 Å². The van der Waals surface area contributed by atoms with Crippen molar-refractivity contribution >= 4 is 23.2 Å². The summed E-state index contributed by atoms with van der Waals surface area (Å²) in [5, 5.41) is 2.66. The lowest BCUT2D eigenvalue weighted by molar-refractivity contribution is -0.124. The highest BCUT2D eigenvalue weighted by Crippen LogP contribution is 2.30. The van der Waals surface area contributed by atoms with E-state index in [0.717, 1.165) is 25.0 Å². The van der Waals surface area contributed by atoms with E-state index in [-0.39, 0.29) is 12.5 Å². The quantitative estimate of drug-likeness (QED) is 0.619. The molecule has 0 bridgehead atoms. The summed E-state index contributed by atoms with van der Waals surface area (Å²) in [6.07, 6.45) is 3.22. The number of aryl methyl sites for hydroxylation is 2. The number of esters is 1. The highest BCUT2D eigenvalue weighted by atomic mass is 32.1. The Kier molecular flexibility index (Phi) is 5.48. The minimum atomic E-state index is -0.426. The highest BCUT2D eigenvalue weighted by Gasteiger charge is 2.19. The van der Waals surface area contributed by atoms with Crippen molar-refractivity contribution in [2.45, 2.75) is 19.3 Å². The first-order valence-electron chi connectivity index (χ1n) is 7.95.